The summed E-state index contributed by atoms with van der Waals surface area (Å²) in [4.78, 5) is 14.6. The normalized spacial score (nSPS) is 8.90. The number of hydrogen-bond acceptors (Lipinski definition) is 2. The average Bonchev–Trinajstić information content (AvgIpc) is 2.05. The molecule has 0 radical (unpaired) electrons. The Kier molecular flexibility index (Phi) is 2.39. The smallest absolute Gasteiger partial charge is 0.279 e. The van der Waals surface area contributed by atoms with Gasteiger partial charge in [0.15, 0.2) is 0 Å². The molecule has 0 saturated heterocycles. The Morgan fingerprint density at radius 3 is 2.90 bits per heavy atom. The molecule has 1 aromatic heterocycles. The van der Waals surface area contributed by atoms with E-state index in [2.05, 4.69) is 25.5 Å². The number of nitrogens with one attached hydrogen (secondary N) is 1. The minimum absolute atomic E-state index is 0.236. The Labute approximate surface area is 66.8 Å². The second kappa shape index (κ2) is 3.31. The second-order valence-electron chi connectivity index (χ2n) is 1.64. The Morgan fingerprint density at radius 2 is 2.40 bits per heavy atom. The molecule has 52 valence electrons. The molecule has 0 aliphatic heterocycles. The summed E-state index contributed by atoms with van der Waals surface area (Å²) in [6, 6.07) is 5.15. The van der Waals surface area contributed by atoms with Gasteiger partial charge in [0.05, 0.1) is 0 Å². The van der Waals surface area contributed by atoms with E-state index in [-0.39, 0.29) is 5.91 Å². The molecule has 3 nitrogen and oxygen atoms in total. The van der Waals surface area contributed by atoms with Gasteiger partial charge in [0.2, 0.25) is 0 Å². The van der Waals surface area contributed by atoms with Crippen LogP contribution in [0.25, 0.3) is 0 Å². The molecule has 0 spiro atoms. The van der Waals surface area contributed by atoms with E-state index in [0.29, 0.717) is 5.69 Å². The highest BCUT2D eigenvalue weighted by Crippen LogP contribution is 1.92. The first-order valence-electron chi connectivity index (χ1n) is 2.66. The van der Waals surface area contributed by atoms with Crippen molar-refractivity contribution in [1.29, 1.82) is 0 Å². The van der Waals surface area contributed by atoms with Gasteiger partial charge in [-0.3, -0.25) is 14.1 Å². The maximum atomic E-state index is 10.8. The molecule has 1 amide bonds. The van der Waals surface area contributed by atoms with Gasteiger partial charge in [-0.15, -0.1) is 0 Å². The Morgan fingerprint density at radius 1 is 1.60 bits per heavy atom. The van der Waals surface area contributed by atoms with Gasteiger partial charge in [-0.05, 0) is 12.1 Å². The summed E-state index contributed by atoms with van der Waals surface area (Å²) in [6.07, 6.45) is 1.57. The van der Waals surface area contributed by atoms with E-state index in [4.69, 9.17) is 0 Å². The van der Waals surface area contributed by atoms with Crippen LogP contribution in [0.5, 0.6) is 0 Å². The van der Waals surface area contributed by atoms with Crippen LogP contribution in [-0.2, 0) is 0 Å². The van der Waals surface area contributed by atoms with Crippen LogP contribution < -0.4 is 4.34 Å². The van der Waals surface area contributed by atoms with Crippen molar-refractivity contribution in [2.24, 2.45) is 0 Å². The zero-order valence-corrected chi connectivity index (χ0v) is 6.63. The predicted molar refractivity (Wildman–Crippen MR) is 40.6 cm³/mol. The number of aromatic nitrogens is 1. The van der Waals surface area contributed by atoms with Gasteiger partial charge < -0.3 is 0 Å². The molecular weight excluding hydrogens is 196 g/mol. The van der Waals surface area contributed by atoms with Crippen molar-refractivity contribution >= 4 is 22.1 Å². The van der Waals surface area contributed by atoms with E-state index in [0.717, 1.165) is 0 Å². The number of rotatable bonds is 1. The van der Waals surface area contributed by atoms with E-state index < -0.39 is 0 Å². The third-order valence-electron chi connectivity index (χ3n) is 0.983. The summed E-state index contributed by atoms with van der Waals surface area (Å²) in [7, 11) is 0. The largest absolute Gasteiger partial charge is 0.287 e. The van der Waals surface area contributed by atoms with Crippen LogP contribution in [0.15, 0.2) is 24.4 Å². The standard InChI is InChI=1S/C6H5BrN2O/c7-9-6(10)5-3-1-2-4-8-5/h1-4H,(H,9,10). The van der Waals surface area contributed by atoms with Crippen molar-refractivity contribution < 1.29 is 4.79 Å². The zero-order chi connectivity index (χ0) is 7.40. The maximum absolute atomic E-state index is 10.8. The first kappa shape index (κ1) is 7.21. The third-order valence-corrected chi connectivity index (χ3v) is 1.34. The van der Waals surface area contributed by atoms with Crippen molar-refractivity contribution in [2.45, 2.75) is 0 Å². The number of amides is 1. The van der Waals surface area contributed by atoms with E-state index in [9.17, 15) is 4.79 Å². The SMILES string of the molecule is O=C(NBr)c1ccccn1. The van der Waals surface area contributed by atoms with Gasteiger partial charge in [0.1, 0.15) is 5.69 Å². The van der Waals surface area contributed by atoms with Crippen molar-refractivity contribution in [3.8, 4) is 0 Å². The average molecular weight is 201 g/mol. The fraction of sp³-hybridized carbons (Fsp3) is 0. The lowest BCUT2D eigenvalue weighted by molar-refractivity contribution is 0.0982. The lowest BCUT2D eigenvalue weighted by atomic mass is 10.3. The number of carbonyl (C=O) groups is 1. The van der Waals surface area contributed by atoms with Crippen LogP contribution in [0.2, 0.25) is 0 Å². The molecule has 0 atom stereocenters. The minimum atomic E-state index is -0.236. The van der Waals surface area contributed by atoms with Gasteiger partial charge >= 0.3 is 0 Å². The first-order chi connectivity index (χ1) is 4.84. The number of carbonyl (C=O) groups excluding carboxylic acids is 1. The van der Waals surface area contributed by atoms with Crippen LogP contribution in [0.4, 0.5) is 0 Å². The number of pyridine rings is 1. The molecule has 1 aromatic rings. The topological polar surface area (TPSA) is 42.0 Å². The lowest BCUT2D eigenvalue weighted by Crippen LogP contribution is -2.12. The fourth-order valence-electron chi connectivity index (χ4n) is 0.545. The summed E-state index contributed by atoms with van der Waals surface area (Å²) in [5.41, 5.74) is 0.402. The molecule has 10 heavy (non-hydrogen) atoms. The van der Waals surface area contributed by atoms with Crippen LogP contribution in [-0.4, -0.2) is 10.9 Å². The summed E-state index contributed by atoms with van der Waals surface area (Å²) >= 11 is 2.81. The van der Waals surface area contributed by atoms with E-state index in [1.807, 2.05) is 0 Å². The summed E-state index contributed by atoms with van der Waals surface area (Å²) in [5.74, 6) is -0.236. The van der Waals surface area contributed by atoms with Crippen LogP contribution in [0, 0.1) is 0 Å². The van der Waals surface area contributed by atoms with Gasteiger partial charge in [-0.2, -0.15) is 0 Å². The quantitative estimate of drug-likeness (QED) is 0.691. The molecule has 0 aliphatic rings. The molecule has 0 saturated carbocycles. The molecule has 4 heteroatoms. The molecule has 1 N–H and O–H groups in total. The van der Waals surface area contributed by atoms with Gasteiger partial charge in [-0.25, -0.2) is 0 Å². The number of nitrogens with zero attached hydrogens (tertiary/aromatic N) is 1. The zero-order valence-electron chi connectivity index (χ0n) is 5.04. The molecule has 0 aliphatic carbocycles. The molecule has 0 unspecified atom stereocenters. The monoisotopic (exact) mass is 200 g/mol. The third kappa shape index (κ3) is 1.54. The highest BCUT2D eigenvalue weighted by molar-refractivity contribution is 9.08. The number of hydrogen-bond donors (Lipinski definition) is 1. The Bertz CT molecular complexity index is 224. The summed E-state index contributed by atoms with van der Waals surface area (Å²) in [6.45, 7) is 0. The first-order valence-corrected chi connectivity index (χ1v) is 3.46. The van der Waals surface area contributed by atoms with Crippen molar-refractivity contribution in [1.82, 2.24) is 9.33 Å². The van der Waals surface area contributed by atoms with Crippen LogP contribution >= 0.6 is 16.1 Å². The summed E-state index contributed by atoms with van der Waals surface area (Å²) < 4.78 is 2.29. The van der Waals surface area contributed by atoms with Crippen molar-refractivity contribution in [3.63, 3.8) is 0 Å². The van der Waals surface area contributed by atoms with Gasteiger partial charge in [-0.1, -0.05) is 6.07 Å². The van der Waals surface area contributed by atoms with Crippen molar-refractivity contribution in [2.75, 3.05) is 0 Å². The Hall–Kier alpha value is -0.900. The van der Waals surface area contributed by atoms with E-state index >= 15 is 0 Å². The molecule has 1 rings (SSSR count). The Balaban J connectivity index is 2.85. The fourth-order valence-corrected chi connectivity index (χ4v) is 0.749. The second-order valence-corrected chi connectivity index (χ2v) is 2.04. The summed E-state index contributed by atoms with van der Waals surface area (Å²) in [5, 5.41) is 0. The molecule has 0 fully saturated rings. The van der Waals surface area contributed by atoms with Crippen molar-refractivity contribution in [3.05, 3.63) is 30.1 Å². The van der Waals surface area contributed by atoms with E-state index in [1.165, 1.54) is 0 Å². The molecule has 0 aromatic carbocycles. The van der Waals surface area contributed by atoms with Crippen LogP contribution in [0.3, 0.4) is 0 Å². The maximum Gasteiger partial charge on any atom is 0.279 e. The highest BCUT2D eigenvalue weighted by Gasteiger charge is 2.01. The number of halogens is 1. The van der Waals surface area contributed by atoms with Gasteiger partial charge in [0, 0.05) is 22.3 Å². The van der Waals surface area contributed by atoms with Gasteiger partial charge in [0.25, 0.3) is 5.91 Å². The molecule has 0 bridgehead atoms. The van der Waals surface area contributed by atoms with Crippen LogP contribution in [0.1, 0.15) is 10.5 Å². The van der Waals surface area contributed by atoms with E-state index in [1.54, 1.807) is 24.4 Å². The highest BCUT2D eigenvalue weighted by atomic mass is 79.9. The minimum Gasteiger partial charge on any atom is -0.287 e. The molecular formula is C6H5BrN2O. The predicted octanol–water partition coefficient (Wildman–Crippen LogP) is 1.12. The lowest BCUT2D eigenvalue weighted by Gasteiger charge is -1.93. The molecule has 1 heterocycles.